The van der Waals surface area contributed by atoms with Gasteiger partial charge in [0.05, 0.1) is 16.7 Å². The fraction of sp³-hybridized carbons (Fsp3) is 0.175. The third-order valence-corrected chi connectivity index (χ3v) is 7.29. The van der Waals surface area contributed by atoms with Gasteiger partial charge in [-0.3, -0.25) is 4.79 Å². The van der Waals surface area contributed by atoms with Crippen molar-refractivity contribution in [2.24, 2.45) is 0 Å². The van der Waals surface area contributed by atoms with E-state index in [1.54, 1.807) is 79.7 Å². The molecule has 1 amide bonds. The number of hydrogen-bond donors (Lipinski definition) is 2. The zero-order valence-corrected chi connectivity index (χ0v) is 29.0. The van der Waals surface area contributed by atoms with Crippen LogP contribution in [0.3, 0.4) is 0 Å². The van der Waals surface area contributed by atoms with Gasteiger partial charge in [-0.2, -0.15) is 0 Å². The van der Waals surface area contributed by atoms with Crippen molar-refractivity contribution in [1.29, 1.82) is 0 Å². The number of anilines is 2. The third-order valence-electron chi connectivity index (χ3n) is 7.29. The molecule has 0 saturated heterocycles. The number of carbonyl (C=O) groups is 5. The van der Waals surface area contributed by atoms with Crippen molar-refractivity contribution >= 4 is 41.2 Å². The lowest BCUT2D eigenvalue weighted by molar-refractivity contribution is -0.140. The molecule has 0 radical (unpaired) electrons. The molecular weight excluding hydrogens is 668 g/mol. The molecular formula is C40H38N2O10. The number of benzene rings is 4. The van der Waals surface area contributed by atoms with Crippen LogP contribution in [0.25, 0.3) is 11.1 Å². The highest BCUT2D eigenvalue weighted by molar-refractivity contribution is 6.11. The molecule has 3 N–H and O–H groups in total. The smallest absolute Gasteiger partial charge is 0.339 e. The predicted molar refractivity (Wildman–Crippen MR) is 194 cm³/mol. The summed E-state index contributed by atoms with van der Waals surface area (Å²) in [5, 5.41) is 2.80. The molecule has 0 aliphatic heterocycles. The number of aryl methyl sites for hydroxylation is 1. The van der Waals surface area contributed by atoms with Crippen LogP contribution in [0.2, 0.25) is 0 Å². The molecule has 0 fully saturated rings. The average Bonchev–Trinajstić information content (AvgIpc) is 3.12. The zero-order chi connectivity index (χ0) is 37.8. The topological polar surface area (TPSA) is 170 Å². The molecule has 268 valence electrons. The summed E-state index contributed by atoms with van der Waals surface area (Å²) in [6.07, 6.45) is 0. The Morgan fingerprint density at radius 2 is 1.06 bits per heavy atom. The van der Waals surface area contributed by atoms with E-state index in [1.807, 2.05) is 0 Å². The number of nitrogens with two attached hydrogens (primary N) is 1. The number of carbonyl (C=O) groups excluding carboxylic acids is 5. The highest BCUT2D eigenvalue weighted by Gasteiger charge is 2.21. The Balaban J connectivity index is 1.53. The summed E-state index contributed by atoms with van der Waals surface area (Å²) in [6.45, 7) is 11.0. The Morgan fingerprint density at radius 3 is 1.58 bits per heavy atom. The number of amides is 1. The first-order chi connectivity index (χ1) is 24.8. The molecule has 0 aromatic heterocycles. The van der Waals surface area contributed by atoms with E-state index in [2.05, 4.69) is 18.5 Å². The van der Waals surface area contributed by atoms with E-state index in [1.165, 1.54) is 26.0 Å². The van der Waals surface area contributed by atoms with Gasteiger partial charge in [-0.1, -0.05) is 31.4 Å². The van der Waals surface area contributed by atoms with E-state index in [0.29, 0.717) is 45.1 Å². The van der Waals surface area contributed by atoms with Crippen molar-refractivity contribution in [3.63, 3.8) is 0 Å². The van der Waals surface area contributed by atoms with E-state index in [0.717, 1.165) is 0 Å². The van der Waals surface area contributed by atoms with Gasteiger partial charge in [-0.25, -0.2) is 19.2 Å². The van der Waals surface area contributed by atoms with E-state index in [-0.39, 0.29) is 48.7 Å². The SMILES string of the molecule is C=C(C)C(=O)OCCOC(=O)c1ccc(-c2ccc(C(=O)OCCOC(=O)C(=C)C)c(C(=O)Nc3ccc(Oc4ccc(N)cc4)cc3)c2)cc1C. The second kappa shape index (κ2) is 17.8. The molecule has 0 spiro atoms. The number of hydrogen-bond acceptors (Lipinski definition) is 11. The lowest BCUT2D eigenvalue weighted by Gasteiger charge is -2.14. The minimum atomic E-state index is -0.807. The van der Waals surface area contributed by atoms with Crippen LogP contribution in [-0.2, 0) is 28.5 Å². The van der Waals surface area contributed by atoms with Gasteiger partial charge >= 0.3 is 23.9 Å². The van der Waals surface area contributed by atoms with Crippen LogP contribution in [0.15, 0.2) is 109 Å². The number of ether oxygens (including phenoxy) is 5. The first-order valence-electron chi connectivity index (χ1n) is 16.0. The Labute approximate surface area is 300 Å². The Hall–Kier alpha value is -6.69. The van der Waals surface area contributed by atoms with Crippen LogP contribution in [0.4, 0.5) is 11.4 Å². The Kier molecular flexibility index (Phi) is 13.1. The molecule has 0 atom stereocenters. The average molecular weight is 707 g/mol. The molecule has 0 aliphatic rings. The predicted octanol–water partition coefficient (Wildman–Crippen LogP) is 6.84. The largest absolute Gasteiger partial charge is 0.459 e. The summed E-state index contributed by atoms with van der Waals surface area (Å²) >= 11 is 0. The molecule has 12 nitrogen and oxygen atoms in total. The lowest BCUT2D eigenvalue weighted by Crippen LogP contribution is -2.19. The minimum absolute atomic E-state index is 0.00841. The quantitative estimate of drug-likeness (QED) is 0.0436. The maximum Gasteiger partial charge on any atom is 0.339 e. The first kappa shape index (κ1) is 38.1. The maximum atomic E-state index is 13.7. The van der Waals surface area contributed by atoms with Gasteiger partial charge in [-0.15, -0.1) is 0 Å². The van der Waals surface area contributed by atoms with Crippen molar-refractivity contribution in [1.82, 2.24) is 0 Å². The van der Waals surface area contributed by atoms with Crippen LogP contribution in [0.1, 0.15) is 50.5 Å². The van der Waals surface area contributed by atoms with E-state index in [9.17, 15) is 24.0 Å². The third kappa shape index (κ3) is 10.7. The number of rotatable bonds is 15. The molecule has 52 heavy (non-hydrogen) atoms. The molecule has 12 heteroatoms. The maximum absolute atomic E-state index is 13.7. The van der Waals surface area contributed by atoms with Gasteiger partial charge in [0, 0.05) is 22.5 Å². The van der Waals surface area contributed by atoms with Crippen molar-refractivity contribution in [3.05, 3.63) is 131 Å². The van der Waals surface area contributed by atoms with Crippen LogP contribution in [0, 0.1) is 6.92 Å². The summed E-state index contributed by atoms with van der Waals surface area (Å²) in [5.41, 5.74) is 9.29. The van der Waals surface area contributed by atoms with Crippen molar-refractivity contribution < 1.29 is 47.7 Å². The second-order valence-electron chi connectivity index (χ2n) is 11.5. The van der Waals surface area contributed by atoms with Crippen molar-refractivity contribution in [3.8, 4) is 22.6 Å². The second-order valence-corrected chi connectivity index (χ2v) is 11.5. The van der Waals surface area contributed by atoms with Crippen LogP contribution < -0.4 is 15.8 Å². The van der Waals surface area contributed by atoms with Gasteiger partial charge in [-0.05, 0) is 104 Å². The van der Waals surface area contributed by atoms with Gasteiger partial charge in [0.25, 0.3) is 5.91 Å². The monoisotopic (exact) mass is 706 g/mol. The lowest BCUT2D eigenvalue weighted by atomic mass is 9.96. The summed E-state index contributed by atoms with van der Waals surface area (Å²) in [4.78, 5) is 62.8. The standard InChI is InChI=1S/C40H38N2O10/c1-24(2)37(44)48-18-20-50-39(46)33-16-6-27(22-26(33)5)28-7-17-34(40(47)51-21-19-49-38(45)25(3)4)35(23-28)36(43)42-30-10-14-32(15-11-30)52-31-12-8-29(41)9-13-31/h6-17,22-23H,1,3,18-21,41H2,2,4-5H3,(H,42,43). The van der Waals surface area contributed by atoms with Gasteiger partial charge in [0.2, 0.25) is 0 Å². The number of esters is 4. The molecule has 0 bridgehead atoms. The summed E-state index contributed by atoms with van der Waals surface area (Å²) in [7, 11) is 0. The molecule has 4 aromatic rings. The van der Waals surface area contributed by atoms with E-state index in [4.69, 9.17) is 29.4 Å². The molecule has 0 aliphatic carbocycles. The molecule has 4 aromatic carbocycles. The molecule has 0 heterocycles. The normalized spacial score (nSPS) is 10.4. The molecule has 0 saturated carbocycles. The van der Waals surface area contributed by atoms with Crippen LogP contribution in [0.5, 0.6) is 11.5 Å². The molecule has 4 rings (SSSR count). The van der Waals surface area contributed by atoms with Gasteiger partial charge in [0.1, 0.15) is 37.9 Å². The number of nitrogen functional groups attached to an aromatic ring is 1. The minimum Gasteiger partial charge on any atom is -0.459 e. The van der Waals surface area contributed by atoms with Crippen molar-refractivity contribution in [2.75, 3.05) is 37.5 Å². The summed E-state index contributed by atoms with van der Waals surface area (Å²) in [5.74, 6) is -2.10. The van der Waals surface area contributed by atoms with E-state index < -0.39 is 29.8 Å². The number of nitrogens with one attached hydrogen (secondary N) is 1. The van der Waals surface area contributed by atoms with Gasteiger partial charge < -0.3 is 34.7 Å². The highest BCUT2D eigenvalue weighted by Crippen LogP contribution is 2.28. The first-order valence-corrected chi connectivity index (χ1v) is 16.0. The van der Waals surface area contributed by atoms with Crippen molar-refractivity contribution in [2.45, 2.75) is 20.8 Å². The summed E-state index contributed by atoms with van der Waals surface area (Å²) < 4.78 is 26.3. The Morgan fingerprint density at radius 1 is 0.596 bits per heavy atom. The van der Waals surface area contributed by atoms with Gasteiger partial charge in [0.15, 0.2) is 0 Å². The van der Waals surface area contributed by atoms with E-state index >= 15 is 0 Å². The molecule has 0 unspecified atom stereocenters. The fourth-order valence-corrected chi connectivity index (χ4v) is 4.58. The van der Waals surface area contributed by atoms with Crippen LogP contribution >= 0.6 is 0 Å². The fourth-order valence-electron chi connectivity index (χ4n) is 4.58. The Bertz CT molecular complexity index is 2000. The summed E-state index contributed by atoms with van der Waals surface area (Å²) in [6, 6.07) is 23.2. The zero-order valence-electron chi connectivity index (χ0n) is 29.0. The van der Waals surface area contributed by atoms with Crippen LogP contribution in [-0.4, -0.2) is 56.2 Å². The highest BCUT2D eigenvalue weighted by atomic mass is 16.6.